The fourth-order valence-corrected chi connectivity index (χ4v) is 2.18. The number of carbonyl (C=O) groups is 1. The van der Waals surface area contributed by atoms with Gasteiger partial charge in [-0.1, -0.05) is 20.8 Å². The molecule has 0 fully saturated rings. The van der Waals surface area contributed by atoms with Crippen molar-refractivity contribution in [2.75, 3.05) is 20.2 Å². The standard InChI is InChI=1S/C18H27N5O2/c1-18(2,3)16-11-14(21-22-16)13-23(4)17(24)20-9-6-10-25-15-7-5-8-19-12-15/h5,7-8,11-12H,6,9-10,13H2,1-4H3,(H,20,24)(H,21,22). The van der Waals surface area contributed by atoms with Gasteiger partial charge >= 0.3 is 6.03 Å². The quantitative estimate of drug-likeness (QED) is 0.756. The van der Waals surface area contributed by atoms with Crippen LogP contribution < -0.4 is 10.1 Å². The second-order valence-electron chi connectivity index (χ2n) is 7.01. The van der Waals surface area contributed by atoms with E-state index in [9.17, 15) is 4.79 Å². The molecule has 25 heavy (non-hydrogen) atoms. The summed E-state index contributed by atoms with van der Waals surface area (Å²) >= 11 is 0. The van der Waals surface area contributed by atoms with Gasteiger partial charge in [0, 0.05) is 25.2 Å². The zero-order valence-corrected chi connectivity index (χ0v) is 15.4. The number of nitrogens with one attached hydrogen (secondary N) is 2. The third kappa shape index (κ3) is 6.10. The van der Waals surface area contributed by atoms with Gasteiger partial charge in [-0.25, -0.2) is 4.79 Å². The Kier molecular flexibility index (Phi) is 6.38. The smallest absolute Gasteiger partial charge is 0.317 e. The Morgan fingerprint density at radius 1 is 1.40 bits per heavy atom. The zero-order chi connectivity index (χ0) is 18.3. The van der Waals surface area contributed by atoms with Crippen LogP contribution in [0.3, 0.4) is 0 Å². The molecule has 2 rings (SSSR count). The molecule has 0 unspecified atom stereocenters. The lowest BCUT2D eigenvalue weighted by atomic mass is 9.92. The minimum absolute atomic E-state index is 0.0101. The van der Waals surface area contributed by atoms with E-state index in [0.29, 0.717) is 19.7 Å². The van der Waals surface area contributed by atoms with E-state index in [1.165, 1.54) is 0 Å². The lowest BCUT2D eigenvalue weighted by Gasteiger charge is -2.17. The van der Waals surface area contributed by atoms with Crippen LogP contribution >= 0.6 is 0 Å². The second-order valence-corrected chi connectivity index (χ2v) is 7.01. The number of amides is 2. The SMILES string of the molecule is CN(Cc1cc(C(C)(C)C)n[nH]1)C(=O)NCCCOc1cccnc1. The van der Waals surface area contributed by atoms with Crippen molar-refractivity contribution in [2.24, 2.45) is 0 Å². The van der Waals surface area contributed by atoms with Crippen molar-refractivity contribution >= 4 is 6.03 Å². The zero-order valence-electron chi connectivity index (χ0n) is 15.4. The maximum Gasteiger partial charge on any atom is 0.317 e. The van der Waals surface area contributed by atoms with Gasteiger partial charge in [0.2, 0.25) is 0 Å². The Balaban J connectivity index is 1.67. The predicted octanol–water partition coefficient (Wildman–Crippen LogP) is 2.71. The average Bonchev–Trinajstić information content (AvgIpc) is 3.04. The number of rotatable bonds is 7. The first-order chi connectivity index (χ1) is 11.9. The molecule has 2 heterocycles. The van der Waals surface area contributed by atoms with E-state index in [-0.39, 0.29) is 11.4 Å². The van der Waals surface area contributed by atoms with Crippen molar-refractivity contribution in [1.29, 1.82) is 0 Å². The number of H-pyrrole nitrogens is 1. The van der Waals surface area contributed by atoms with Crippen molar-refractivity contribution in [3.63, 3.8) is 0 Å². The Morgan fingerprint density at radius 2 is 2.20 bits per heavy atom. The summed E-state index contributed by atoms with van der Waals surface area (Å²) in [6.07, 6.45) is 4.10. The number of nitrogens with zero attached hydrogens (tertiary/aromatic N) is 3. The molecule has 7 nitrogen and oxygen atoms in total. The van der Waals surface area contributed by atoms with Gasteiger partial charge in [0.25, 0.3) is 0 Å². The maximum absolute atomic E-state index is 12.1. The molecule has 0 aliphatic heterocycles. The highest BCUT2D eigenvalue weighted by Gasteiger charge is 2.18. The number of hydrogen-bond acceptors (Lipinski definition) is 4. The van der Waals surface area contributed by atoms with Crippen LogP contribution in [0.2, 0.25) is 0 Å². The Morgan fingerprint density at radius 3 is 2.84 bits per heavy atom. The van der Waals surface area contributed by atoms with E-state index in [4.69, 9.17) is 4.74 Å². The number of urea groups is 1. The molecule has 0 saturated carbocycles. The van der Waals surface area contributed by atoms with Crippen LogP contribution in [-0.2, 0) is 12.0 Å². The van der Waals surface area contributed by atoms with Crippen molar-refractivity contribution < 1.29 is 9.53 Å². The summed E-state index contributed by atoms with van der Waals surface area (Å²) in [6, 6.07) is 5.57. The topological polar surface area (TPSA) is 83.1 Å². The molecule has 0 aromatic carbocycles. The third-order valence-corrected chi connectivity index (χ3v) is 3.65. The van der Waals surface area contributed by atoms with Crippen molar-refractivity contribution in [3.8, 4) is 5.75 Å². The van der Waals surface area contributed by atoms with Gasteiger partial charge in [0.05, 0.1) is 30.7 Å². The highest BCUT2D eigenvalue weighted by atomic mass is 16.5. The molecule has 0 bridgehead atoms. The third-order valence-electron chi connectivity index (χ3n) is 3.65. The van der Waals surface area contributed by atoms with Crippen molar-refractivity contribution in [1.82, 2.24) is 25.4 Å². The molecule has 7 heteroatoms. The van der Waals surface area contributed by atoms with Crippen LogP contribution in [0.15, 0.2) is 30.6 Å². The largest absolute Gasteiger partial charge is 0.492 e. The van der Waals surface area contributed by atoms with Gasteiger partial charge in [0.1, 0.15) is 5.75 Å². The van der Waals surface area contributed by atoms with Gasteiger partial charge in [-0.15, -0.1) is 0 Å². The highest BCUT2D eigenvalue weighted by molar-refractivity contribution is 5.73. The molecule has 0 saturated heterocycles. The summed E-state index contributed by atoms with van der Waals surface area (Å²) in [4.78, 5) is 17.7. The summed E-state index contributed by atoms with van der Waals surface area (Å²) in [5.41, 5.74) is 1.90. The molecule has 0 spiro atoms. The van der Waals surface area contributed by atoms with Gasteiger partial charge < -0.3 is 15.0 Å². The summed E-state index contributed by atoms with van der Waals surface area (Å²) < 4.78 is 5.54. The van der Waals surface area contributed by atoms with Crippen LogP contribution in [0.4, 0.5) is 4.79 Å². The van der Waals surface area contributed by atoms with Crippen LogP contribution in [0.25, 0.3) is 0 Å². The first-order valence-electron chi connectivity index (χ1n) is 8.43. The van der Waals surface area contributed by atoms with Crippen LogP contribution in [0.5, 0.6) is 5.75 Å². The van der Waals surface area contributed by atoms with Crippen molar-refractivity contribution in [3.05, 3.63) is 42.0 Å². The molecular weight excluding hydrogens is 318 g/mol. The van der Waals surface area contributed by atoms with E-state index in [1.807, 2.05) is 18.2 Å². The van der Waals surface area contributed by atoms with Gasteiger partial charge in [-0.2, -0.15) is 5.10 Å². The van der Waals surface area contributed by atoms with E-state index >= 15 is 0 Å². The van der Waals surface area contributed by atoms with Crippen molar-refractivity contribution in [2.45, 2.75) is 39.2 Å². The number of aromatic nitrogens is 3. The number of carbonyl (C=O) groups excluding carboxylic acids is 1. The molecular formula is C18H27N5O2. The minimum atomic E-state index is -0.117. The Bertz CT molecular complexity index is 664. The molecule has 0 aliphatic rings. The first kappa shape index (κ1) is 18.8. The summed E-state index contributed by atoms with van der Waals surface area (Å²) in [7, 11) is 1.76. The number of pyridine rings is 1. The molecule has 2 aromatic rings. The molecule has 0 atom stereocenters. The van der Waals surface area contributed by atoms with Crippen LogP contribution in [0.1, 0.15) is 38.6 Å². The second kappa shape index (κ2) is 8.50. The van der Waals surface area contributed by atoms with E-state index < -0.39 is 0 Å². The lowest BCUT2D eigenvalue weighted by molar-refractivity contribution is 0.205. The lowest BCUT2D eigenvalue weighted by Crippen LogP contribution is -2.37. The first-order valence-corrected chi connectivity index (χ1v) is 8.43. The van der Waals surface area contributed by atoms with Crippen LogP contribution in [-0.4, -0.2) is 46.3 Å². The predicted molar refractivity (Wildman–Crippen MR) is 96.5 cm³/mol. The fourth-order valence-electron chi connectivity index (χ4n) is 2.18. The minimum Gasteiger partial charge on any atom is -0.492 e. The Hall–Kier alpha value is -2.57. The Labute approximate surface area is 148 Å². The molecule has 2 amide bonds. The molecule has 0 radical (unpaired) electrons. The average molecular weight is 345 g/mol. The van der Waals surface area contributed by atoms with Gasteiger partial charge in [-0.05, 0) is 24.6 Å². The molecule has 2 aromatic heterocycles. The monoisotopic (exact) mass is 345 g/mol. The van der Waals surface area contributed by atoms with Gasteiger partial charge in [0.15, 0.2) is 0 Å². The highest BCUT2D eigenvalue weighted by Crippen LogP contribution is 2.20. The number of ether oxygens (including phenoxy) is 1. The molecule has 2 N–H and O–H groups in total. The normalized spacial score (nSPS) is 11.2. The fraction of sp³-hybridized carbons (Fsp3) is 0.500. The molecule has 0 aliphatic carbocycles. The van der Waals surface area contributed by atoms with E-state index in [2.05, 4.69) is 41.3 Å². The molecule has 136 valence electrons. The number of hydrogen-bond donors (Lipinski definition) is 2. The van der Waals surface area contributed by atoms with E-state index in [0.717, 1.165) is 23.6 Å². The number of aromatic amines is 1. The summed E-state index contributed by atoms with van der Waals surface area (Å²) in [5, 5.41) is 10.2. The summed E-state index contributed by atoms with van der Waals surface area (Å²) in [6.45, 7) is 7.90. The van der Waals surface area contributed by atoms with E-state index in [1.54, 1.807) is 24.3 Å². The van der Waals surface area contributed by atoms with Gasteiger partial charge in [-0.3, -0.25) is 10.1 Å². The van der Waals surface area contributed by atoms with Crippen LogP contribution in [0, 0.1) is 0 Å². The summed E-state index contributed by atoms with van der Waals surface area (Å²) in [5.74, 6) is 0.736. The maximum atomic E-state index is 12.1.